The highest BCUT2D eigenvalue weighted by atomic mass is 35.5. The standard InChI is InChI=1S/C22H25BClFN2O3/c1-7-17(28-18-11-10-15(26)19(24)20(18)25)14-9-8-13(12-16(14)27-6)23-29-21(2,3)22(4,5)30-23/h7-12H,6,26H2,1-5H3/b17-7+. The molecule has 3 rings (SSSR count). The van der Waals surface area contributed by atoms with Crippen LogP contribution in [0.5, 0.6) is 5.75 Å². The van der Waals surface area contributed by atoms with E-state index < -0.39 is 24.1 Å². The van der Waals surface area contributed by atoms with Crippen LogP contribution in [0.4, 0.5) is 15.8 Å². The summed E-state index contributed by atoms with van der Waals surface area (Å²) in [4.78, 5) is 4.12. The quantitative estimate of drug-likeness (QED) is 0.309. The van der Waals surface area contributed by atoms with E-state index in [2.05, 4.69) is 11.7 Å². The molecule has 2 aromatic carbocycles. The molecule has 0 unspecified atom stereocenters. The Morgan fingerprint density at radius 2 is 1.83 bits per heavy atom. The summed E-state index contributed by atoms with van der Waals surface area (Å²) in [7, 11) is -0.534. The van der Waals surface area contributed by atoms with Crippen molar-refractivity contribution in [2.24, 2.45) is 4.99 Å². The van der Waals surface area contributed by atoms with Gasteiger partial charge < -0.3 is 19.8 Å². The molecule has 8 heteroatoms. The van der Waals surface area contributed by atoms with Crippen molar-refractivity contribution in [3.63, 3.8) is 0 Å². The van der Waals surface area contributed by atoms with Crippen LogP contribution in [0.2, 0.25) is 5.02 Å². The van der Waals surface area contributed by atoms with Gasteiger partial charge in [0, 0.05) is 5.56 Å². The molecule has 0 saturated carbocycles. The van der Waals surface area contributed by atoms with Crippen LogP contribution in [0.15, 0.2) is 41.4 Å². The fourth-order valence-corrected chi connectivity index (χ4v) is 3.18. The summed E-state index contributed by atoms with van der Waals surface area (Å²) in [6.45, 7) is 13.4. The average molecular weight is 431 g/mol. The van der Waals surface area contributed by atoms with Crippen LogP contribution in [-0.4, -0.2) is 25.0 Å². The molecule has 2 N–H and O–H groups in total. The smallest absolute Gasteiger partial charge is 0.454 e. The van der Waals surface area contributed by atoms with Crippen LogP contribution in [0, 0.1) is 5.82 Å². The molecular weight excluding hydrogens is 406 g/mol. The first-order valence-corrected chi connectivity index (χ1v) is 9.93. The Labute approximate surface area is 181 Å². The average Bonchev–Trinajstić information content (AvgIpc) is 2.92. The zero-order valence-corrected chi connectivity index (χ0v) is 18.5. The molecule has 1 aliphatic heterocycles. The summed E-state index contributed by atoms with van der Waals surface area (Å²) >= 11 is 5.90. The van der Waals surface area contributed by atoms with Crippen molar-refractivity contribution < 1.29 is 18.4 Å². The highest BCUT2D eigenvalue weighted by Gasteiger charge is 2.51. The van der Waals surface area contributed by atoms with E-state index in [0.717, 1.165) is 5.46 Å². The van der Waals surface area contributed by atoms with E-state index in [9.17, 15) is 4.39 Å². The predicted octanol–water partition coefficient (Wildman–Crippen LogP) is 5.13. The molecule has 0 spiro atoms. The summed E-state index contributed by atoms with van der Waals surface area (Å²) in [6.07, 6.45) is 1.71. The van der Waals surface area contributed by atoms with Crippen LogP contribution in [-0.2, 0) is 9.31 Å². The number of halogens is 2. The third-order valence-electron chi connectivity index (χ3n) is 5.54. The number of benzene rings is 2. The number of ether oxygens (including phenoxy) is 1. The molecule has 0 amide bonds. The van der Waals surface area contributed by atoms with Crippen LogP contribution in [0.25, 0.3) is 5.76 Å². The second-order valence-corrected chi connectivity index (χ2v) is 8.44. The molecular formula is C22H25BClFN2O3. The van der Waals surface area contributed by atoms with Gasteiger partial charge in [-0.25, -0.2) is 4.39 Å². The molecule has 0 aromatic heterocycles. The number of nitrogen functional groups attached to an aromatic ring is 1. The van der Waals surface area contributed by atoms with Crippen molar-refractivity contribution in [2.45, 2.75) is 45.8 Å². The zero-order valence-electron chi connectivity index (χ0n) is 17.8. The first-order valence-electron chi connectivity index (χ1n) is 9.55. The Balaban J connectivity index is 1.93. The molecule has 158 valence electrons. The molecule has 1 saturated heterocycles. The Morgan fingerprint density at radius 1 is 1.20 bits per heavy atom. The van der Waals surface area contributed by atoms with Crippen LogP contribution in [0.1, 0.15) is 40.2 Å². The van der Waals surface area contributed by atoms with Gasteiger partial charge in [-0.1, -0.05) is 17.7 Å². The number of nitrogens with two attached hydrogens (primary N) is 1. The van der Waals surface area contributed by atoms with Gasteiger partial charge in [-0.15, -0.1) is 0 Å². The number of nitrogens with zero attached hydrogens (tertiary/aromatic N) is 1. The van der Waals surface area contributed by atoms with E-state index in [1.807, 2.05) is 45.9 Å². The van der Waals surface area contributed by atoms with Gasteiger partial charge in [0.15, 0.2) is 11.6 Å². The molecule has 1 heterocycles. The van der Waals surface area contributed by atoms with E-state index in [1.54, 1.807) is 13.0 Å². The van der Waals surface area contributed by atoms with Crippen molar-refractivity contribution in [3.05, 3.63) is 52.8 Å². The third-order valence-corrected chi connectivity index (χ3v) is 5.93. The maximum absolute atomic E-state index is 14.4. The lowest BCUT2D eigenvalue weighted by Crippen LogP contribution is -2.41. The minimum atomic E-state index is -0.724. The maximum atomic E-state index is 14.4. The number of allylic oxidation sites excluding steroid dienone is 1. The molecule has 2 aromatic rings. The Morgan fingerprint density at radius 3 is 2.40 bits per heavy atom. The van der Waals surface area contributed by atoms with E-state index in [-0.39, 0.29) is 16.5 Å². The van der Waals surface area contributed by atoms with Gasteiger partial charge in [-0.3, -0.25) is 4.99 Å². The highest BCUT2D eigenvalue weighted by Crippen LogP contribution is 2.38. The predicted molar refractivity (Wildman–Crippen MR) is 121 cm³/mol. The van der Waals surface area contributed by atoms with Gasteiger partial charge in [-0.05, 0) is 77.1 Å². The Hall–Kier alpha value is -2.35. The summed E-state index contributed by atoms with van der Waals surface area (Å²) in [5, 5.41) is -0.180. The van der Waals surface area contributed by atoms with Gasteiger partial charge in [0.25, 0.3) is 0 Å². The lowest BCUT2D eigenvalue weighted by atomic mass is 9.78. The molecule has 0 atom stereocenters. The highest BCUT2D eigenvalue weighted by molar-refractivity contribution is 6.62. The number of rotatable bonds is 5. The number of hydrogen-bond acceptors (Lipinski definition) is 5. The minimum absolute atomic E-state index is 0.0349. The Bertz CT molecular complexity index is 1010. The third kappa shape index (κ3) is 3.97. The fourth-order valence-electron chi connectivity index (χ4n) is 3.03. The van der Waals surface area contributed by atoms with Gasteiger partial charge in [0.05, 0.1) is 22.6 Å². The van der Waals surface area contributed by atoms with Crippen molar-refractivity contribution in [1.82, 2.24) is 0 Å². The van der Waals surface area contributed by atoms with Crippen molar-refractivity contribution >= 4 is 48.0 Å². The summed E-state index contributed by atoms with van der Waals surface area (Å²) in [6, 6.07) is 8.42. The van der Waals surface area contributed by atoms with Gasteiger partial charge >= 0.3 is 7.12 Å². The number of anilines is 1. The number of hydrogen-bond donors (Lipinski definition) is 1. The largest absolute Gasteiger partial charge is 0.494 e. The first-order chi connectivity index (χ1) is 14.0. The Kier molecular flexibility index (Phi) is 6.00. The molecule has 1 aliphatic rings. The first kappa shape index (κ1) is 22.3. The zero-order chi connectivity index (χ0) is 22.3. The van der Waals surface area contributed by atoms with Crippen molar-refractivity contribution in [1.29, 1.82) is 0 Å². The molecule has 1 fully saturated rings. The SMILES string of the molecule is C=Nc1cc(B2OC(C)(C)C(C)(C)O2)ccc1/C(=C\C)Oc1ccc(N)c(Cl)c1F. The molecule has 5 nitrogen and oxygen atoms in total. The van der Waals surface area contributed by atoms with Gasteiger partial charge in [-0.2, -0.15) is 0 Å². The van der Waals surface area contributed by atoms with Crippen LogP contribution >= 0.6 is 11.6 Å². The molecule has 0 radical (unpaired) electrons. The van der Waals surface area contributed by atoms with E-state index in [4.69, 9.17) is 31.4 Å². The fraction of sp³-hybridized carbons (Fsp3) is 0.318. The molecule has 0 aliphatic carbocycles. The maximum Gasteiger partial charge on any atom is 0.494 e. The van der Waals surface area contributed by atoms with Crippen LogP contribution in [0.3, 0.4) is 0 Å². The van der Waals surface area contributed by atoms with Gasteiger partial charge in [0.1, 0.15) is 10.8 Å². The monoisotopic (exact) mass is 430 g/mol. The summed E-state index contributed by atoms with van der Waals surface area (Å²) in [5.74, 6) is -0.358. The van der Waals surface area contributed by atoms with E-state index >= 15 is 0 Å². The second-order valence-electron chi connectivity index (χ2n) is 8.06. The van der Waals surface area contributed by atoms with E-state index in [0.29, 0.717) is 17.0 Å². The van der Waals surface area contributed by atoms with Crippen molar-refractivity contribution in [3.8, 4) is 5.75 Å². The van der Waals surface area contributed by atoms with E-state index in [1.165, 1.54) is 12.1 Å². The lowest BCUT2D eigenvalue weighted by molar-refractivity contribution is 0.00578. The summed E-state index contributed by atoms with van der Waals surface area (Å²) in [5.41, 5.74) is 6.86. The number of aliphatic imine (C=N–C) groups is 1. The molecule has 30 heavy (non-hydrogen) atoms. The second kappa shape index (κ2) is 8.06. The van der Waals surface area contributed by atoms with Crippen molar-refractivity contribution in [2.75, 3.05) is 5.73 Å². The minimum Gasteiger partial charge on any atom is -0.454 e. The summed E-state index contributed by atoms with van der Waals surface area (Å²) < 4.78 is 32.4. The normalized spacial score (nSPS) is 17.8. The molecule has 0 bridgehead atoms. The van der Waals surface area contributed by atoms with Crippen LogP contribution < -0.4 is 15.9 Å². The van der Waals surface area contributed by atoms with Gasteiger partial charge in [0.2, 0.25) is 0 Å². The lowest BCUT2D eigenvalue weighted by Gasteiger charge is -2.32. The topological polar surface area (TPSA) is 66.1 Å².